The first-order chi connectivity index (χ1) is 11.9. The molecule has 0 saturated carbocycles. The predicted molar refractivity (Wildman–Crippen MR) is 108 cm³/mol. The van der Waals surface area contributed by atoms with Crippen molar-refractivity contribution in [3.8, 4) is 11.3 Å². The lowest BCUT2D eigenvalue weighted by Crippen LogP contribution is -2.30. The molecule has 2 aromatic carbocycles. The SMILES string of the molecule is Cc1ccc(C(C)C)cc1-c1c2ccc(CC(C)C)cc2cc[n+]1C. The molecule has 0 fully saturated rings. The minimum atomic E-state index is 0.539. The van der Waals surface area contributed by atoms with Crippen LogP contribution in [-0.2, 0) is 13.5 Å². The van der Waals surface area contributed by atoms with Gasteiger partial charge in [0, 0.05) is 11.6 Å². The third-order valence-corrected chi connectivity index (χ3v) is 5.03. The van der Waals surface area contributed by atoms with Crippen molar-refractivity contribution in [2.75, 3.05) is 0 Å². The standard InChI is InChI=1S/C24H30N/c1-16(2)13-19-8-10-22-21(14-19)11-12-25(6)24(22)23-15-20(17(3)4)9-7-18(23)5/h7-12,14-17H,13H2,1-6H3/q+1. The van der Waals surface area contributed by atoms with E-state index in [2.05, 4.69) is 94.9 Å². The molecule has 1 nitrogen and oxygen atoms in total. The molecule has 0 N–H and O–H groups in total. The first kappa shape index (κ1) is 17.7. The monoisotopic (exact) mass is 332 g/mol. The molecular formula is C24H30N+. The lowest BCUT2D eigenvalue weighted by molar-refractivity contribution is -0.659. The van der Waals surface area contributed by atoms with Crippen LogP contribution in [-0.4, -0.2) is 0 Å². The fourth-order valence-electron chi connectivity index (χ4n) is 3.61. The molecule has 0 aliphatic rings. The summed E-state index contributed by atoms with van der Waals surface area (Å²) in [6, 6.07) is 16.1. The van der Waals surface area contributed by atoms with Crippen LogP contribution in [0.3, 0.4) is 0 Å². The van der Waals surface area contributed by atoms with Gasteiger partial charge in [-0.15, -0.1) is 0 Å². The number of benzene rings is 2. The molecule has 0 unspecified atom stereocenters. The number of nitrogens with zero attached hydrogens (tertiary/aromatic N) is 1. The number of rotatable bonds is 4. The van der Waals surface area contributed by atoms with Crippen molar-refractivity contribution < 1.29 is 4.57 Å². The average molecular weight is 333 g/mol. The van der Waals surface area contributed by atoms with Crippen LogP contribution in [0.25, 0.3) is 22.0 Å². The molecule has 1 aromatic heterocycles. The highest BCUT2D eigenvalue weighted by Crippen LogP contribution is 2.31. The Hall–Kier alpha value is -2.15. The lowest BCUT2D eigenvalue weighted by Gasteiger charge is -2.13. The van der Waals surface area contributed by atoms with Gasteiger partial charge in [0.05, 0.1) is 5.39 Å². The minimum absolute atomic E-state index is 0.539. The Morgan fingerprint density at radius 1 is 0.920 bits per heavy atom. The normalized spacial score (nSPS) is 11.7. The second-order valence-corrected chi connectivity index (χ2v) is 8.02. The molecular weight excluding hydrogens is 302 g/mol. The first-order valence-corrected chi connectivity index (χ1v) is 9.39. The molecule has 0 saturated heterocycles. The third-order valence-electron chi connectivity index (χ3n) is 5.03. The van der Waals surface area contributed by atoms with Gasteiger partial charge in [0.2, 0.25) is 5.69 Å². The highest BCUT2D eigenvalue weighted by Gasteiger charge is 2.18. The summed E-state index contributed by atoms with van der Waals surface area (Å²) < 4.78 is 2.26. The van der Waals surface area contributed by atoms with E-state index < -0.39 is 0 Å². The summed E-state index contributed by atoms with van der Waals surface area (Å²) in [4.78, 5) is 0. The highest BCUT2D eigenvalue weighted by molar-refractivity contribution is 5.94. The molecule has 0 amide bonds. The maximum absolute atomic E-state index is 2.37. The Bertz CT molecular complexity index is 903. The van der Waals surface area contributed by atoms with Gasteiger partial charge >= 0.3 is 0 Å². The van der Waals surface area contributed by atoms with Gasteiger partial charge in [-0.2, -0.15) is 0 Å². The van der Waals surface area contributed by atoms with Gasteiger partial charge in [0.15, 0.2) is 6.20 Å². The topological polar surface area (TPSA) is 3.88 Å². The Kier molecular flexibility index (Phi) is 4.94. The summed E-state index contributed by atoms with van der Waals surface area (Å²) in [6.07, 6.45) is 3.33. The zero-order valence-corrected chi connectivity index (χ0v) is 16.4. The molecule has 0 aliphatic carbocycles. The summed E-state index contributed by atoms with van der Waals surface area (Å²) in [5.74, 6) is 1.22. The maximum Gasteiger partial charge on any atom is 0.220 e. The van der Waals surface area contributed by atoms with Crippen LogP contribution in [0.15, 0.2) is 48.7 Å². The minimum Gasteiger partial charge on any atom is -0.200 e. The molecule has 0 bridgehead atoms. The summed E-state index contributed by atoms with van der Waals surface area (Å²) in [5.41, 5.74) is 6.81. The molecule has 130 valence electrons. The molecule has 0 radical (unpaired) electrons. The van der Waals surface area contributed by atoms with Crippen molar-refractivity contribution in [1.29, 1.82) is 0 Å². The number of fused-ring (bicyclic) bond motifs is 1. The van der Waals surface area contributed by atoms with E-state index in [0.717, 1.165) is 6.42 Å². The van der Waals surface area contributed by atoms with Crippen molar-refractivity contribution in [1.82, 2.24) is 0 Å². The van der Waals surface area contributed by atoms with Crippen molar-refractivity contribution in [3.63, 3.8) is 0 Å². The fourth-order valence-corrected chi connectivity index (χ4v) is 3.61. The van der Waals surface area contributed by atoms with Gasteiger partial charge in [-0.25, -0.2) is 4.57 Å². The predicted octanol–water partition coefficient (Wildman–Crippen LogP) is 5.96. The van der Waals surface area contributed by atoms with Crippen LogP contribution >= 0.6 is 0 Å². The molecule has 0 atom stereocenters. The van der Waals surface area contributed by atoms with Gasteiger partial charge in [-0.1, -0.05) is 52.0 Å². The highest BCUT2D eigenvalue weighted by atomic mass is 14.9. The Labute approximate surface area is 152 Å². The summed E-state index contributed by atoms with van der Waals surface area (Å²) in [7, 11) is 2.15. The van der Waals surface area contributed by atoms with Gasteiger partial charge in [0.1, 0.15) is 7.05 Å². The van der Waals surface area contributed by atoms with Crippen LogP contribution in [0.1, 0.15) is 50.3 Å². The molecule has 3 rings (SSSR count). The van der Waals surface area contributed by atoms with E-state index in [9.17, 15) is 0 Å². The number of aryl methyl sites for hydroxylation is 2. The average Bonchev–Trinajstić information content (AvgIpc) is 2.55. The third kappa shape index (κ3) is 3.61. The van der Waals surface area contributed by atoms with Gasteiger partial charge in [-0.05, 0) is 59.4 Å². The summed E-state index contributed by atoms with van der Waals surface area (Å²) in [6.45, 7) is 11.3. The van der Waals surface area contributed by atoms with Crippen LogP contribution in [0, 0.1) is 12.8 Å². The van der Waals surface area contributed by atoms with Crippen LogP contribution in [0.2, 0.25) is 0 Å². The van der Waals surface area contributed by atoms with E-state index in [4.69, 9.17) is 0 Å². The zero-order valence-electron chi connectivity index (χ0n) is 16.4. The smallest absolute Gasteiger partial charge is 0.200 e. The molecule has 1 heterocycles. The van der Waals surface area contributed by atoms with Crippen molar-refractivity contribution in [2.45, 2.75) is 47.0 Å². The number of hydrogen-bond acceptors (Lipinski definition) is 0. The van der Waals surface area contributed by atoms with E-state index in [1.807, 2.05) is 0 Å². The van der Waals surface area contributed by atoms with Crippen LogP contribution < -0.4 is 4.57 Å². The number of hydrogen-bond donors (Lipinski definition) is 0. The Morgan fingerprint density at radius 2 is 1.68 bits per heavy atom. The van der Waals surface area contributed by atoms with Crippen LogP contribution in [0.4, 0.5) is 0 Å². The Balaban J connectivity index is 2.22. The lowest BCUT2D eigenvalue weighted by atomic mass is 9.93. The molecule has 0 spiro atoms. The Morgan fingerprint density at radius 3 is 2.36 bits per heavy atom. The van der Waals surface area contributed by atoms with Crippen molar-refractivity contribution in [2.24, 2.45) is 13.0 Å². The van der Waals surface area contributed by atoms with E-state index in [0.29, 0.717) is 11.8 Å². The second kappa shape index (κ2) is 7.00. The summed E-state index contributed by atoms with van der Waals surface area (Å²) >= 11 is 0. The number of aromatic nitrogens is 1. The fraction of sp³-hybridized carbons (Fsp3) is 0.375. The summed E-state index contributed by atoms with van der Waals surface area (Å²) in [5, 5.41) is 2.67. The van der Waals surface area contributed by atoms with Gasteiger partial charge < -0.3 is 0 Å². The molecule has 3 aromatic rings. The first-order valence-electron chi connectivity index (χ1n) is 9.39. The van der Waals surface area contributed by atoms with Crippen molar-refractivity contribution >= 4 is 10.8 Å². The van der Waals surface area contributed by atoms with E-state index in [-0.39, 0.29) is 0 Å². The van der Waals surface area contributed by atoms with E-state index in [1.165, 1.54) is 38.7 Å². The molecule has 0 aliphatic heterocycles. The second-order valence-electron chi connectivity index (χ2n) is 8.02. The quantitative estimate of drug-likeness (QED) is 0.519. The van der Waals surface area contributed by atoms with E-state index in [1.54, 1.807) is 0 Å². The zero-order chi connectivity index (χ0) is 18.1. The largest absolute Gasteiger partial charge is 0.220 e. The number of pyridine rings is 1. The molecule has 25 heavy (non-hydrogen) atoms. The van der Waals surface area contributed by atoms with Crippen molar-refractivity contribution in [3.05, 3.63) is 65.4 Å². The molecule has 1 heteroatoms. The van der Waals surface area contributed by atoms with Gasteiger partial charge in [0.25, 0.3) is 0 Å². The van der Waals surface area contributed by atoms with Gasteiger partial charge in [-0.3, -0.25) is 0 Å². The van der Waals surface area contributed by atoms with E-state index >= 15 is 0 Å². The van der Waals surface area contributed by atoms with Crippen LogP contribution in [0.5, 0.6) is 0 Å². The maximum atomic E-state index is 2.37.